The third-order valence-electron chi connectivity index (χ3n) is 4.12. The summed E-state index contributed by atoms with van der Waals surface area (Å²) in [5.74, 6) is 0.206. The number of hydrogen-bond acceptors (Lipinski definition) is 4. The maximum absolute atomic E-state index is 11.9. The standard InChI is InChI=1S/C18H26BrN5O3/c1-2-27-18(26)24-11-8-15(9-12-24)23-17(20)21-10-7-16(25)22-14-5-3-13(19)4-6-14/h3-6,15H,2,7-12H2,1H3,(H,22,25)(H3,20,21,23). The number of carbonyl (C=O) groups is 2. The Bertz CT molecular complexity index is 657. The molecule has 4 N–H and O–H groups in total. The van der Waals surface area contributed by atoms with Crippen molar-refractivity contribution < 1.29 is 14.3 Å². The molecule has 1 heterocycles. The molecule has 1 saturated heterocycles. The van der Waals surface area contributed by atoms with E-state index in [4.69, 9.17) is 10.5 Å². The number of nitrogens with two attached hydrogens (primary N) is 1. The van der Waals surface area contributed by atoms with Crippen molar-refractivity contribution in [2.24, 2.45) is 10.7 Å². The molecule has 0 atom stereocenters. The van der Waals surface area contributed by atoms with E-state index in [9.17, 15) is 9.59 Å². The Morgan fingerprint density at radius 3 is 2.59 bits per heavy atom. The van der Waals surface area contributed by atoms with Crippen molar-refractivity contribution in [3.8, 4) is 0 Å². The van der Waals surface area contributed by atoms with Gasteiger partial charge >= 0.3 is 6.09 Å². The van der Waals surface area contributed by atoms with Gasteiger partial charge in [-0.3, -0.25) is 9.79 Å². The molecule has 0 radical (unpaired) electrons. The Hall–Kier alpha value is -2.29. The van der Waals surface area contributed by atoms with Crippen molar-refractivity contribution in [2.45, 2.75) is 32.2 Å². The van der Waals surface area contributed by atoms with Gasteiger partial charge in [0.15, 0.2) is 5.96 Å². The molecule has 148 valence electrons. The molecule has 1 aliphatic rings. The highest BCUT2D eigenvalue weighted by atomic mass is 79.9. The Morgan fingerprint density at radius 1 is 1.30 bits per heavy atom. The average Bonchev–Trinajstić information content (AvgIpc) is 2.64. The number of amides is 2. The summed E-state index contributed by atoms with van der Waals surface area (Å²) in [5.41, 5.74) is 6.64. The zero-order valence-corrected chi connectivity index (χ0v) is 17.0. The summed E-state index contributed by atoms with van der Waals surface area (Å²) in [7, 11) is 0. The summed E-state index contributed by atoms with van der Waals surface area (Å²) in [4.78, 5) is 29.5. The van der Waals surface area contributed by atoms with Gasteiger partial charge in [-0.1, -0.05) is 15.9 Å². The number of piperidine rings is 1. The van der Waals surface area contributed by atoms with Crippen molar-refractivity contribution in [3.63, 3.8) is 0 Å². The molecule has 0 spiro atoms. The van der Waals surface area contributed by atoms with Crippen LogP contribution in [-0.4, -0.2) is 55.1 Å². The number of aliphatic imine (C=N–C) groups is 1. The molecule has 1 aromatic rings. The van der Waals surface area contributed by atoms with E-state index < -0.39 is 0 Å². The Balaban J connectivity index is 1.66. The second kappa shape index (κ2) is 10.8. The van der Waals surface area contributed by atoms with Crippen molar-refractivity contribution in [1.29, 1.82) is 0 Å². The van der Waals surface area contributed by atoms with E-state index in [0.29, 0.717) is 32.2 Å². The number of hydrogen-bond donors (Lipinski definition) is 3. The molecule has 0 bridgehead atoms. The van der Waals surface area contributed by atoms with Crippen LogP contribution in [0.1, 0.15) is 26.2 Å². The third kappa shape index (κ3) is 7.46. The number of carbonyl (C=O) groups excluding carboxylic acids is 2. The molecule has 0 unspecified atom stereocenters. The first-order chi connectivity index (χ1) is 13.0. The molecule has 1 fully saturated rings. The van der Waals surface area contributed by atoms with Gasteiger partial charge in [0.05, 0.1) is 13.2 Å². The second-order valence-corrected chi connectivity index (χ2v) is 7.09. The van der Waals surface area contributed by atoms with Gasteiger partial charge in [-0.25, -0.2) is 4.79 Å². The van der Waals surface area contributed by atoms with E-state index >= 15 is 0 Å². The van der Waals surface area contributed by atoms with Crippen LogP contribution in [0.3, 0.4) is 0 Å². The second-order valence-electron chi connectivity index (χ2n) is 6.18. The number of rotatable bonds is 6. The lowest BCUT2D eigenvalue weighted by molar-refractivity contribution is -0.116. The largest absolute Gasteiger partial charge is 0.450 e. The topological polar surface area (TPSA) is 109 Å². The van der Waals surface area contributed by atoms with Gasteiger partial charge in [-0.05, 0) is 44.0 Å². The van der Waals surface area contributed by atoms with E-state index in [1.165, 1.54) is 0 Å². The van der Waals surface area contributed by atoms with Crippen LogP contribution in [-0.2, 0) is 9.53 Å². The normalized spacial score (nSPS) is 15.3. The van der Waals surface area contributed by atoms with Crippen LogP contribution in [0.15, 0.2) is 33.7 Å². The van der Waals surface area contributed by atoms with Crippen LogP contribution in [0, 0.1) is 0 Å². The van der Waals surface area contributed by atoms with Gasteiger partial charge in [-0.15, -0.1) is 0 Å². The summed E-state index contributed by atoms with van der Waals surface area (Å²) < 4.78 is 5.96. The maximum atomic E-state index is 11.9. The minimum absolute atomic E-state index is 0.114. The lowest BCUT2D eigenvalue weighted by Gasteiger charge is -2.31. The summed E-state index contributed by atoms with van der Waals surface area (Å²) in [6, 6.07) is 7.54. The fourth-order valence-corrected chi connectivity index (χ4v) is 2.97. The molecule has 0 aromatic heterocycles. The molecular formula is C18H26BrN5O3. The van der Waals surface area contributed by atoms with Gasteiger partial charge < -0.3 is 26.0 Å². The van der Waals surface area contributed by atoms with E-state index in [1.54, 1.807) is 11.8 Å². The van der Waals surface area contributed by atoms with Gasteiger partial charge in [-0.2, -0.15) is 0 Å². The quantitative estimate of drug-likeness (QED) is 0.465. The fourth-order valence-electron chi connectivity index (χ4n) is 2.71. The number of ether oxygens (including phenoxy) is 1. The van der Waals surface area contributed by atoms with Crippen LogP contribution in [0.4, 0.5) is 10.5 Å². The van der Waals surface area contributed by atoms with Crippen LogP contribution < -0.4 is 16.4 Å². The molecule has 0 aliphatic carbocycles. The Kier molecular flexibility index (Phi) is 8.38. The van der Waals surface area contributed by atoms with Crippen LogP contribution in [0.5, 0.6) is 0 Å². The monoisotopic (exact) mass is 439 g/mol. The number of nitrogens with zero attached hydrogens (tertiary/aromatic N) is 2. The van der Waals surface area contributed by atoms with Crippen molar-refractivity contribution >= 4 is 39.6 Å². The molecule has 9 heteroatoms. The third-order valence-corrected chi connectivity index (χ3v) is 4.65. The highest BCUT2D eigenvalue weighted by Crippen LogP contribution is 2.14. The zero-order valence-electron chi connectivity index (χ0n) is 15.4. The summed E-state index contributed by atoms with van der Waals surface area (Å²) in [6.45, 7) is 3.73. The predicted octanol–water partition coefficient (Wildman–Crippen LogP) is 2.30. The van der Waals surface area contributed by atoms with E-state index in [1.807, 2.05) is 24.3 Å². The first-order valence-corrected chi connectivity index (χ1v) is 9.80. The van der Waals surface area contributed by atoms with Crippen molar-refractivity contribution in [2.75, 3.05) is 31.6 Å². The van der Waals surface area contributed by atoms with E-state index in [2.05, 4.69) is 31.6 Å². The number of likely N-dealkylation sites (tertiary alicyclic amines) is 1. The average molecular weight is 440 g/mol. The molecule has 2 rings (SSSR count). The highest BCUT2D eigenvalue weighted by Gasteiger charge is 2.23. The lowest BCUT2D eigenvalue weighted by atomic mass is 10.1. The van der Waals surface area contributed by atoms with Gasteiger partial charge in [0, 0.05) is 35.7 Å². The first kappa shape index (κ1) is 21.0. The highest BCUT2D eigenvalue weighted by molar-refractivity contribution is 9.10. The summed E-state index contributed by atoms with van der Waals surface area (Å²) in [5, 5.41) is 5.96. The minimum atomic E-state index is -0.269. The molecular weight excluding hydrogens is 414 g/mol. The lowest BCUT2D eigenvalue weighted by Crippen LogP contribution is -2.48. The maximum Gasteiger partial charge on any atom is 0.409 e. The van der Waals surface area contributed by atoms with Crippen molar-refractivity contribution in [1.82, 2.24) is 10.2 Å². The number of halogens is 1. The van der Waals surface area contributed by atoms with Crippen LogP contribution in [0.25, 0.3) is 0 Å². The molecule has 27 heavy (non-hydrogen) atoms. The van der Waals surface area contributed by atoms with E-state index in [-0.39, 0.29) is 24.5 Å². The first-order valence-electron chi connectivity index (χ1n) is 9.01. The smallest absolute Gasteiger partial charge is 0.409 e. The SMILES string of the molecule is CCOC(=O)N1CCC(NC(N)=NCCC(=O)Nc2ccc(Br)cc2)CC1. The van der Waals surface area contributed by atoms with Crippen LogP contribution >= 0.6 is 15.9 Å². The van der Waals surface area contributed by atoms with Crippen LogP contribution in [0.2, 0.25) is 0 Å². The fraction of sp³-hybridized carbons (Fsp3) is 0.500. The molecule has 1 aliphatic heterocycles. The predicted molar refractivity (Wildman–Crippen MR) is 109 cm³/mol. The van der Waals surface area contributed by atoms with Crippen molar-refractivity contribution in [3.05, 3.63) is 28.7 Å². The van der Waals surface area contributed by atoms with Gasteiger partial charge in [0.1, 0.15) is 0 Å². The summed E-state index contributed by atoms with van der Waals surface area (Å²) in [6.07, 6.45) is 1.53. The van der Waals surface area contributed by atoms with Gasteiger partial charge in [0.25, 0.3) is 0 Å². The molecule has 1 aromatic carbocycles. The van der Waals surface area contributed by atoms with Gasteiger partial charge in [0.2, 0.25) is 5.91 Å². The minimum Gasteiger partial charge on any atom is -0.450 e. The summed E-state index contributed by atoms with van der Waals surface area (Å²) >= 11 is 3.35. The number of nitrogens with one attached hydrogen (secondary N) is 2. The zero-order chi connectivity index (χ0) is 19.6. The molecule has 0 saturated carbocycles. The van der Waals surface area contributed by atoms with E-state index in [0.717, 1.165) is 23.0 Å². The number of guanidine groups is 1. The Labute approximate surface area is 167 Å². The molecule has 8 nitrogen and oxygen atoms in total. The number of benzene rings is 1. The number of anilines is 1. The Morgan fingerprint density at radius 2 is 1.96 bits per heavy atom. The molecule has 2 amide bonds.